The van der Waals surface area contributed by atoms with Gasteiger partial charge in [-0.05, 0) is 67.1 Å². The minimum Gasteiger partial charge on any atom is -0.350 e. The number of nitrogens with one attached hydrogen (secondary N) is 2. The Morgan fingerprint density at radius 1 is 0.974 bits per heavy atom. The van der Waals surface area contributed by atoms with Gasteiger partial charge >= 0.3 is 0 Å². The van der Waals surface area contributed by atoms with Gasteiger partial charge in [0.25, 0.3) is 0 Å². The van der Waals surface area contributed by atoms with Crippen LogP contribution in [0.2, 0.25) is 10.0 Å². The van der Waals surface area contributed by atoms with Crippen molar-refractivity contribution in [1.29, 1.82) is 0 Å². The van der Waals surface area contributed by atoms with Crippen LogP contribution >= 0.6 is 23.2 Å². The molecule has 0 saturated heterocycles. The molecule has 1 aliphatic carbocycles. The van der Waals surface area contributed by atoms with Crippen molar-refractivity contribution < 1.29 is 18.0 Å². The van der Waals surface area contributed by atoms with E-state index in [1.807, 2.05) is 30.3 Å². The molecule has 0 aromatic heterocycles. The van der Waals surface area contributed by atoms with Gasteiger partial charge < -0.3 is 10.2 Å². The molecule has 4 rings (SSSR count). The molecule has 1 fully saturated rings. The fraction of sp³-hybridized carbons (Fsp3) is 0.310. The van der Waals surface area contributed by atoms with E-state index < -0.39 is 16.1 Å². The van der Waals surface area contributed by atoms with E-state index in [1.54, 1.807) is 54.3 Å². The third-order valence-corrected chi connectivity index (χ3v) is 8.71. The zero-order valence-corrected chi connectivity index (χ0v) is 23.9. The van der Waals surface area contributed by atoms with Gasteiger partial charge in [-0.15, -0.1) is 0 Å². The molecule has 7 nitrogen and oxygen atoms in total. The third-order valence-electron chi connectivity index (χ3n) is 6.59. The van der Waals surface area contributed by atoms with Crippen molar-refractivity contribution in [3.8, 4) is 0 Å². The summed E-state index contributed by atoms with van der Waals surface area (Å²) in [7, 11) is -3.53. The maximum absolute atomic E-state index is 13.4. The minimum atomic E-state index is -3.53. The van der Waals surface area contributed by atoms with Crippen molar-refractivity contribution in [2.75, 3.05) is 0 Å². The molecule has 2 N–H and O–H groups in total. The Bertz CT molecular complexity index is 1410. The minimum absolute atomic E-state index is 0.0326. The molecule has 2 amide bonds. The summed E-state index contributed by atoms with van der Waals surface area (Å²) in [5.41, 5.74) is 2.46. The van der Waals surface area contributed by atoms with Crippen LogP contribution in [-0.2, 0) is 39.1 Å². The highest BCUT2D eigenvalue weighted by Crippen LogP contribution is 2.23. The molecule has 3 aromatic rings. The Hall–Kier alpha value is -2.91. The molecular weight excluding hydrogens is 557 g/mol. The van der Waals surface area contributed by atoms with Crippen LogP contribution in [0.5, 0.6) is 0 Å². The van der Waals surface area contributed by atoms with E-state index in [0.717, 1.165) is 29.5 Å². The molecule has 10 heteroatoms. The van der Waals surface area contributed by atoms with Crippen molar-refractivity contribution in [1.82, 2.24) is 14.9 Å². The number of aryl methyl sites for hydroxylation is 1. The molecule has 0 radical (unpaired) electrons. The number of amides is 2. The Kier molecular flexibility index (Phi) is 9.67. The van der Waals surface area contributed by atoms with Gasteiger partial charge in [0.1, 0.15) is 6.04 Å². The van der Waals surface area contributed by atoms with Gasteiger partial charge in [-0.1, -0.05) is 71.7 Å². The first-order valence-electron chi connectivity index (χ1n) is 12.8. The number of hydrogen-bond donors (Lipinski definition) is 2. The number of nitrogens with zero attached hydrogens (tertiary/aromatic N) is 1. The third kappa shape index (κ3) is 8.29. The normalized spacial score (nSPS) is 14.0. The molecule has 0 heterocycles. The summed E-state index contributed by atoms with van der Waals surface area (Å²) in [6, 6.07) is 20.4. The molecule has 1 aliphatic rings. The van der Waals surface area contributed by atoms with Gasteiger partial charge in [-0.25, -0.2) is 13.1 Å². The highest BCUT2D eigenvalue weighted by molar-refractivity contribution is 7.89. The highest BCUT2D eigenvalue weighted by Gasteiger charge is 2.28. The molecule has 1 atom stereocenters. The first-order chi connectivity index (χ1) is 18.6. The van der Waals surface area contributed by atoms with E-state index in [0.29, 0.717) is 16.5 Å². The number of hydrogen-bond acceptors (Lipinski definition) is 4. The van der Waals surface area contributed by atoms with Gasteiger partial charge in [-0.3, -0.25) is 9.59 Å². The molecule has 39 heavy (non-hydrogen) atoms. The Balaban J connectivity index is 1.40. The lowest BCUT2D eigenvalue weighted by Crippen LogP contribution is -2.47. The number of sulfonamides is 1. The second-order valence-electron chi connectivity index (χ2n) is 9.68. The van der Waals surface area contributed by atoms with Crippen molar-refractivity contribution >= 4 is 45.0 Å². The lowest BCUT2D eigenvalue weighted by Gasteiger charge is -2.29. The van der Waals surface area contributed by atoms with Crippen LogP contribution in [-0.4, -0.2) is 37.2 Å². The monoisotopic (exact) mass is 587 g/mol. The molecule has 0 aliphatic heterocycles. The fourth-order valence-electron chi connectivity index (χ4n) is 4.08. The lowest BCUT2D eigenvalue weighted by atomic mass is 10.1. The average Bonchev–Trinajstić information content (AvgIpc) is 3.73. The highest BCUT2D eigenvalue weighted by atomic mass is 35.5. The lowest BCUT2D eigenvalue weighted by molar-refractivity contribution is -0.140. The van der Waals surface area contributed by atoms with Gasteiger partial charge in [-0.2, -0.15) is 0 Å². The Morgan fingerprint density at radius 3 is 2.31 bits per heavy atom. The van der Waals surface area contributed by atoms with Crippen LogP contribution in [0.1, 0.15) is 42.9 Å². The molecule has 1 saturated carbocycles. The van der Waals surface area contributed by atoms with Gasteiger partial charge in [0.05, 0.1) is 4.90 Å². The van der Waals surface area contributed by atoms with Gasteiger partial charge in [0.15, 0.2) is 0 Å². The summed E-state index contributed by atoms with van der Waals surface area (Å²) in [6.45, 7) is 2.18. The van der Waals surface area contributed by atoms with Crippen molar-refractivity contribution in [2.45, 2.75) is 62.7 Å². The van der Waals surface area contributed by atoms with Crippen LogP contribution in [0.25, 0.3) is 0 Å². The quantitative estimate of drug-likeness (QED) is 0.308. The number of benzene rings is 3. The van der Waals surface area contributed by atoms with Gasteiger partial charge in [0.2, 0.25) is 21.8 Å². The molecule has 206 valence electrons. The van der Waals surface area contributed by atoms with E-state index in [1.165, 1.54) is 0 Å². The van der Waals surface area contributed by atoms with E-state index in [4.69, 9.17) is 23.2 Å². The molecule has 3 aromatic carbocycles. The summed E-state index contributed by atoms with van der Waals surface area (Å²) < 4.78 is 27.5. The summed E-state index contributed by atoms with van der Waals surface area (Å²) in [4.78, 5) is 28.2. The van der Waals surface area contributed by atoms with E-state index >= 15 is 0 Å². The SMILES string of the molecule is CC(C(=O)NCc1ccc(Cl)cc1Cl)N(Cc1ccccc1)C(=O)CCc1ccc(S(=O)(=O)NC2CC2)cc1. The van der Waals surface area contributed by atoms with Crippen LogP contribution in [0.4, 0.5) is 0 Å². The van der Waals surface area contributed by atoms with Crippen LogP contribution in [0, 0.1) is 0 Å². The van der Waals surface area contributed by atoms with Crippen LogP contribution in [0.15, 0.2) is 77.7 Å². The maximum Gasteiger partial charge on any atom is 0.242 e. The molecule has 1 unspecified atom stereocenters. The molecule has 0 spiro atoms. The number of carbonyl (C=O) groups excluding carboxylic acids is 2. The first-order valence-corrected chi connectivity index (χ1v) is 15.0. The number of rotatable bonds is 12. The second kappa shape index (κ2) is 13.0. The zero-order chi connectivity index (χ0) is 28.0. The average molecular weight is 589 g/mol. The standard InChI is InChI=1S/C29H31Cl2N3O4S/c1-20(29(36)32-18-23-10-11-24(30)17-27(23)31)34(19-22-5-3-2-4-6-22)28(35)16-9-21-7-14-26(15-8-21)39(37,38)33-25-12-13-25/h2-8,10-11,14-15,17,20,25,33H,9,12-13,16,18-19H2,1H3,(H,32,36). The fourth-order valence-corrected chi connectivity index (χ4v) is 5.86. The van der Waals surface area contributed by atoms with Crippen molar-refractivity contribution in [3.05, 3.63) is 99.5 Å². The predicted molar refractivity (Wildman–Crippen MR) is 153 cm³/mol. The van der Waals surface area contributed by atoms with Crippen molar-refractivity contribution in [2.24, 2.45) is 0 Å². The first kappa shape index (κ1) is 29.1. The van der Waals surface area contributed by atoms with Crippen molar-refractivity contribution in [3.63, 3.8) is 0 Å². The molecular formula is C29H31Cl2N3O4S. The summed E-state index contributed by atoms with van der Waals surface area (Å²) in [6.07, 6.45) is 2.31. The number of halogens is 2. The second-order valence-corrected chi connectivity index (χ2v) is 12.2. The maximum atomic E-state index is 13.4. The largest absolute Gasteiger partial charge is 0.350 e. The number of carbonyl (C=O) groups is 2. The summed E-state index contributed by atoms with van der Waals surface area (Å²) in [5, 5.41) is 3.83. The van der Waals surface area contributed by atoms with Crippen LogP contribution < -0.4 is 10.0 Å². The smallest absolute Gasteiger partial charge is 0.242 e. The molecule has 0 bridgehead atoms. The van der Waals surface area contributed by atoms with Gasteiger partial charge in [0, 0.05) is 35.6 Å². The van der Waals surface area contributed by atoms with E-state index in [2.05, 4.69) is 10.0 Å². The van der Waals surface area contributed by atoms with E-state index in [9.17, 15) is 18.0 Å². The topological polar surface area (TPSA) is 95.6 Å². The van der Waals surface area contributed by atoms with E-state index in [-0.39, 0.29) is 42.3 Å². The Morgan fingerprint density at radius 2 is 1.67 bits per heavy atom. The van der Waals surface area contributed by atoms with Crippen LogP contribution in [0.3, 0.4) is 0 Å². The zero-order valence-electron chi connectivity index (χ0n) is 21.6. The predicted octanol–water partition coefficient (Wildman–Crippen LogP) is 5.10. The Labute approximate surface area is 239 Å². The summed E-state index contributed by atoms with van der Waals surface area (Å²) in [5.74, 6) is -0.485. The summed E-state index contributed by atoms with van der Waals surface area (Å²) >= 11 is 12.2.